The maximum absolute atomic E-state index is 10.7. The van der Waals surface area contributed by atoms with Crippen LogP contribution in [0.4, 0.5) is 0 Å². The molecule has 0 aliphatic rings. The van der Waals surface area contributed by atoms with E-state index in [0.29, 0.717) is 6.42 Å². The van der Waals surface area contributed by atoms with E-state index in [1.807, 2.05) is 42.6 Å². The summed E-state index contributed by atoms with van der Waals surface area (Å²) in [6.07, 6.45) is 4.25. The molecular formula is C13H14N2O2. The van der Waals surface area contributed by atoms with Crippen molar-refractivity contribution in [2.45, 2.75) is 18.9 Å². The van der Waals surface area contributed by atoms with Crippen LogP contribution in [-0.4, -0.2) is 20.9 Å². The normalized spacial score (nSPS) is 12.2. The van der Waals surface area contributed by atoms with Gasteiger partial charge >= 0.3 is 5.97 Å². The first-order valence-corrected chi connectivity index (χ1v) is 5.53. The number of rotatable bonds is 5. The third-order valence-corrected chi connectivity index (χ3v) is 2.66. The van der Waals surface area contributed by atoms with Crippen molar-refractivity contribution in [3.63, 3.8) is 0 Å². The number of carboxylic acids is 1. The fourth-order valence-corrected chi connectivity index (χ4v) is 1.85. The average molecular weight is 230 g/mol. The van der Waals surface area contributed by atoms with Gasteiger partial charge in [0, 0.05) is 18.8 Å². The number of aliphatic carboxylic acids is 1. The summed E-state index contributed by atoms with van der Waals surface area (Å²) in [5.74, 6) is -0.780. The van der Waals surface area contributed by atoms with Crippen LogP contribution in [0.5, 0.6) is 0 Å². The lowest BCUT2D eigenvalue weighted by molar-refractivity contribution is -0.137. The maximum Gasteiger partial charge on any atom is 0.303 e. The molecule has 1 aromatic carbocycles. The van der Waals surface area contributed by atoms with Crippen molar-refractivity contribution in [2.24, 2.45) is 0 Å². The highest BCUT2D eigenvalue weighted by atomic mass is 16.4. The molecule has 2 rings (SSSR count). The van der Waals surface area contributed by atoms with Crippen LogP contribution in [-0.2, 0) is 4.79 Å². The fourth-order valence-electron chi connectivity index (χ4n) is 1.85. The van der Waals surface area contributed by atoms with Gasteiger partial charge in [0.15, 0.2) is 0 Å². The number of carboxylic acid groups (broad SMARTS) is 1. The molecule has 1 unspecified atom stereocenters. The first-order chi connectivity index (χ1) is 8.27. The van der Waals surface area contributed by atoms with E-state index in [9.17, 15) is 4.79 Å². The Balaban J connectivity index is 2.22. The Morgan fingerprint density at radius 3 is 2.65 bits per heavy atom. The molecule has 0 saturated heterocycles. The highest BCUT2D eigenvalue weighted by molar-refractivity contribution is 5.66. The second kappa shape index (κ2) is 5.30. The summed E-state index contributed by atoms with van der Waals surface area (Å²) in [5.41, 5.74) is 1.08. The van der Waals surface area contributed by atoms with Gasteiger partial charge in [-0.2, -0.15) is 5.10 Å². The smallest absolute Gasteiger partial charge is 0.303 e. The van der Waals surface area contributed by atoms with E-state index in [1.165, 1.54) is 0 Å². The van der Waals surface area contributed by atoms with Crippen LogP contribution in [0.2, 0.25) is 0 Å². The molecule has 0 amide bonds. The topological polar surface area (TPSA) is 55.1 Å². The lowest BCUT2D eigenvalue weighted by atomic mass is 10.0. The van der Waals surface area contributed by atoms with Crippen LogP contribution in [0, 0.1) is 0 Å². The molecule has 0 aliphatic carbocycles. The summed E-state index contributed by atoms with van der Waals surface area (Å²) in [6.45, 7) is 0. The molecule has 0 saturated carbocycles. The minimum absolute atomic E-state index is 0.0118. The highest BCUT2D eigenvalue weighted by Crippen LogP contribution is 2.22. The van der Waals surface area contributed by atoms with Gasteiger partial charge in [-0.1, -0.05) is 30.3 Å². The Hall–Kier alpha value is -2.10. The summed E-state index contributed by atoms with van der Waals surface area (Å²) in [7, 11) is 0. The minimum Gasteiger partial charge on any atom is -0.481 e. The maximum atomic E-state index is 10.7. The van der Waals surface area contributed by atoms with Gasteiger partial charge in [0.05, 0.1) is 6.04 Å². The second-order valence-corrected chi connectivity index (χ2v) is 3.84. The highest BCUT2D eigenvalue weighted by Gasteiger charge is 2.14. The molecule has 1 N–H and O–H groups in total. The third-order valence-electron chi connectivity index (χ3n) is 2.66. The van der Waals surface area contributed by atoms with Gasteiger partial charge in [-0.3, -0.25) is 9.48 Å². The van der Waals surface area contributed by atoms with Crippen molar-refractivity contribution in [3.8, 4) is 0 Å². The molecule has 0 aliphatic heterocycles. The molecule has 88 valence electrons. The first kappa shape index (κ1) is 11.4. The minimum atomic E-state index is -0.780. The van der Waals surface area contributed by atoms with Gasteiger partial charge in [0.2, 0.25) is 0 Å². The van der Waals surface area contributed by atoms with Crippen LogP contribution in [0.3, 0.4) is 0 Å². The molecule has 0 spiro atoms. The molecule has 1 atom stereocenters. The van der Waals surface area contributed by atoms with Crippen molar-refractivity contribution >= 4 is 5.97 Å². The summed E-state index contributed by atoms with van der Waals surface area (Å²) < 4.78 is 1.80. The van der Waals surface area contributed by atoms with E-state index >= 15 is 0 Å². The van der Waals surface area contributed by atoms with Gasteiger partial charge in [-0.05, 0) is 18.1 Å². The van der Waals surface area contributed by atoms with Crippen molar-refractivity contribution in [1.82, 2.24) is 9.78 Å². The Labute approximate surface area is 99.5 Å². The van der Waals surface area contributed by atoms with Gasteiger partial charge in [0.25, 0.3) is 0 Å². The number of nitrogens with zero attached hydrogens (tertiary/aromatic N) is 2. The lowest BCUT2D eigenvalue weighted by Gasteiger charge is -2.17. The number of hydrogen-bond donors (Lipinski definition) is 1. The summed E-state index contributed by atoms with van der Waals surface area (Å²) in [6, 6.07) is 11.7. The van der Waals surface area contributed by atoms with Crippen LogP contribution in [0.15, 0.2) is 48.8 Å². The van der Waals surface area contributed by atoms with Crippen LogP contribution in [0.25, 0.3) is 0 Å². The largest absolute Gasteiger partial charge is 0.481 e. The Morgan fingerprint density at radius 1 is 1.29 bits per heavy atom. The van der Waals surface area contributed by atoms with Crippen LogP contribution < -0.4 is 0 Å². The zero-order chi connectivity index (χ0) is 12.1. The lowest BCUT2D eigenvalue weighted by Crippen LogP contribution is -2.13. The predicted octanol–water partition coefficient (Wildman–Crippen LogP) is 2.34. The van der Waals surface area contributed by atoms with Gasteiger partial charge in [-0.25, -0.2) is 0 Å². The molecule has 1 aromatic heterocycles. The van der Waals surface area contributed by atoms with E-state index in [1.54, 1.807) is 10.9 Å². The zero-order valence-electron chi connectivity index (χ0n) is 9.36. The van der Waals surface area contributed by atoms with E-state index < -0.39 is 5.97 Å². The van der Waals surface area contributed by atoms with E-state index in [-0.39, 0.29) is 12.5 Å². The van der Waals surface area contributed by atoms with Crippen molar-refractivity contribution in [2.75, 3.05) is 0 Å². The molecule has 1 heterocycles. The summed E-state index contributed by atoms with van der Waals surface area (Å²) in [5, 5.41) is 13.0. The number of carbonyl (C=O) groups is 1. The molecule has 2 aromatic rings. The summed E-state index contributed by atoms with van der Waals surface area (Å²) in [4.78, 5) is 10.7. The molecule has 4 heteroatoms. The fraction of sp³-hybridized carbons (Fsp3) is 0.231. The number of hydrogen-bond acceptors (Lipinski definition) is 2. The van der Waals surface area contributed by atoms with Crippen molar-refractivity contribution < 1.29 is 9.90 Å². The molecule has 0 radical (unpaired) electrons. The molecular weight excluding hydrogens is 216 g/mol. The van der Waals surface area contributed by atoms with E-state index in [4.69, 9.17) is 5.11 Å². The number of aromatic nitrogens is 2. The van der Waals surface area contributed by atoms with Crippen LogP contribution >= 0.6 is 0 Å². The average Bonchev–Trinajstić information content (AvgIpc) is 2.84. The monoisotopic (exact) mass is 230 g/mol. The van der Waals surface area contributed by atoms with Crippen molar-refractivity contribution in [3.05, 3.63) is 54.4 Å². The summed E-state index contributed by atoms with van der Waals surface area (Å²) >= 11 is 0. The Kier molecular flexibility index (Phi) is 3.55. The number of benzene rings is 1. The second-order valence-electron chi connectivity index (χ2n) is 3.84. The zero-order valence-corrected chi connectivity index (χ0v) is 9.36. The van der Waals surface area contributed by atoms with Gasteiger partial charge in [0.1, 0.15) is 0 Å². The predicted molar refractivity (Wildman–Crippen MR) is 63.7 cm³/mol. The molecule has 17 heavy (non-hydrogen) atoms. The Bertz CT molecular complexity index is 465. The molecule has 0 bridgehead atoms. The Morgan fingerprint density at radius 2 is 2.06 bits per heavy atom. The first-order valence-electron chi connectivity index (χ1n) is 5.53. The standard InChI is InChI=1S/C13H14N2O2/c16-13(17)8-7-12(15-10-4-9-14-15)11-5-2-1-3-6-11/h1-6,9-10,12H,7-8H2,(H,16,17). The molecule has 4 nitrogen and oxygen atoms in total. The van der Waals surface area contributed by atoms with Crippen LogP contribution in [0.1, 0.15) is 24.4 Å². The van der Waals surface area contributed by atoms with Gasteiger partial charge < -0.3 is 5.11 Å². The SMILES string of the molecule is O=C(O)CCC(c1ccccc1)n1cccn1. The quantitative estimate of drug-likeness (QED) is 0.857. The van der Waals surface area contributed by atoms with Gasteiger partial charge in [-0.15, -0.1) is 0 Å². The van der Waals surface area contributed by atoms with E-state index in [2.05, 4.69) is 5.10 Å². The third kappa shape index (κ3) is 2.93. The van der Waals surface area contributed by atoms with E-state index in [0.717, 1.165) is 5.56 Å². The van der Waals surface area contributed by atoms with Crippen molar-refractivity contribution in [1.29, 1.82) is 0 Å². The molecule has 0 fully saturated rings.